The lowest BCUT2D eigenvalue weighted by Gasteiger charge is -2.19. The van der Waals surface area contributed by atoms with E-state index in [1.807, 2.05) is 0 Å². The number of halogens is 3. The lowest BCUT2D eigenvalue weighted by molar-refractivity contribution is -0.130. The van der Waals surface area contributed by atoms with Gasteiger partial charge in [0, 0.05) is 6.54 Å². The van der Waals surface area contributed by atoms with Crippen LogP contribution in [-0.4, -0.2) is 47.4 Å². The first-order valence-electron chi connectivity index (χ1n) is 3.34. The van der Waals surface area contributed by atoms with Crippen molar-refractivity contribution < 1.29 is 18.7 Å². The van der Waals surface area contributed by atoms with Crippen molar-refractivity contribution in [1.82, 2.24) is 4.90 Å². The molecule has 0 heterocycles. The summed E-state index contributed by atoms with van der Waals surface area (Å²) in [5, 5.41) is 8.44. The van der Waals surface area contributed by atoms with Crippen molar-refractivity contribution in [2.24, 2.45) is 0 Å². The summed E-state index contributed by atoms with van der Waals surface area (Å²) in [5.74, 6) is -0.440. The zero-order chi connectivity index (χ0) is 9.56. The van der Waals surface area contributed by atoms with Crippen LogP contribution in [0.2, 0.25) is 0 Å². The quantitative estimate of drug-likeness (QED) is 0.716. The number of carbonyl (C=O) groups is 1. The van der Waals surface area contributed by atoms with Gasteiger partial charge in [0.25, 0.3) is 6.43 Å². The average Bonchev–Trinajstić information content (AvgIpc) is 2.01. The van der Waals surface area contributed by atoms with Crippen LogP contribution in [0.25, 0.3) is 0 Å². The Morgan fingerprint density at radius 2 is 2.17 bits per heavy atom. The number of aliphatic hydroxyl groups excluding tert-OH is 1. The SMILES string of the molecule is O=C(CBr)N(CCO)CC(F)F. The predicted molar refractivity (Wildman–Crippen MR) is 43.5 cm³/mol. The maximum atomic E-state index is 11.8. The van der Waals surface area contributed by atoms with Crippen molar-refractivity contribution in [2.75, 3.05) is 25.0 Å². The second kappa shape index (κ2) is 6.30. The molecule has 0 spiro atoms. The summed E-state index contributed by atoms with van der Waals surface area (Å²) in [6.07, 6.45) is -2.56. The first-order chi connectivity index (χ1) is 5.61. The van der Waals surface area contributed by atoms with Crippen LogP contribution >= 0.6 is 15.9 Å². The summed E-state index contributed by atoms with van der Waals surface area (Å²) in [7, 11) is 0. The molecule has 0 saturated heterocycles. The van der Waals surface area contributed by atoms with Gasteiger partial charge in [-0.2, -0.15) is 0 Å². The molecule has 0 atom stereocenters. The molecule has 0 saturated carbocycles. The average molecular weight is 246 g/mol. The zero-order valence-corrected chi connectivity index (χ0v) is 7.93. The van der Waals surface area contributed by atoms with Crippen LogP contribution in [0, 0.1) is 0 Å². The molecule has 0 radical (unpaired) electrons. The Morgan fingerprint density at radius 1 is 1.58 bits per heavy atom. The molecular weight excluding hydrogens is 236 g/mol. The lowest BCUT2D eigenvalue weighted by atomic mass is 10.4. The molecule has 72 valence electrons. The van der Waals surface area contributed by atoms with Crippen molar-refractivity contribution in [2.45, 2.75) is 6.43 Å². The number of rotatable bonds is 5. The number of hydrogen-bond donors (Lipinski definition) is 1. The fourth-order valence-corrected chi connectivity index (χ4v) is 1.04. The minimum absolute atomic E-state index is 0.000278. The molecule has 0 bridgehead atoms. The van der Waals surface area contributed by atoms with Crippen LogP contribution in [0.3, 0.4) is 0 Å². The fraction of sp³-hybridized carbons (Fsp3) is 0.833. The highest BCUT2D eigenvalue weighted by Gasteiger charge is 2.15. The number of hydrogen-bond acceptors (Lipinski definition) is 2. The normalized spacial score (nSPS) is 10.4. The van der Waals surface area contributed by atoms with E-state index < -0.39 is 18.9 Å². The van der Waals surface area contributed by atoms with Crippen LogP contribution in [0.4, 0.5) is 8.78 Å². The standard InChI is InChI=1S/C6H10BrF2NO2/c7-3-6(12)10(1-2-11)4-5(8)9/h5,11H,1-4H2. The van der Waals surface area contributed by atoms with Gasteiger partial charge in [0.2, 0.25) is 5.91 Å². The minimum Gasteiger partial charge on any atom is -0.395 e. The fourth-order valence-electron chi connectivity index (χ4n) is 0.690. The maximum absolute atomic E-state index is 11.8. The highest BCUT2D eigenvalue weighted by atomic mass is 79.9. The Bertz CT molecular complexity index is 146. The number of carbonyl (C=O) groups excluding carboxylic acids is 1. The Morgan fingerprint density at radius 3 is 2.50 bits per heavy atom. The summed E-state index contributed by atoms with van der Waals surface area (Å²) in [5.41, 5.74) is 0. The van der Waals surface area contributed by atoms with Crippen LogP contribution in [0.15, 0.2) is 0 Å². The van der Waals surface area contributed by atoms with Gasteiger partial charge in [-0.3, -0.25) is 4.79 Å². The van der Waals surface area contributed by atoms with Crippen LogP contribution in [-0.2, 0) is 4.79 Å². The van der Waals surface area contributed by atoms with Gasteiger partial charge in [0.05, 0.1) is 18.5 Å². The minimum atomic E-state index is -2.56. The van der Waals surface area contributed by atoms with Crippen molar-refractivity contribution in [1.29, 1.82) is 0 Å². The number of aliphatic hydroxyl groups is 1. The Kier molecular flexibility index (Phi) is 6.18. The summed E-state index contributed by atoms with van der Waals surface area (Å²) in [6, 6.07) is 0. The molecule has 0 aromatic heterocycles. The summed E-state index contributed by atoms with van der Waals surface area (Å²) < 4.78 is 23.6. The molecule has 0 aromatic rings. The lowest BCUT2D eigenvalue weighted by Crippen LogP contribution is -2.37. The molecule has 1 N–H and O–H groups in total. The van der Waals surface area contributed by atoms with Gasteiger partial charge in [0.1, 0.15) is 0 Å². The van der Waals surface area contributed by atoms with Gasteiger partial charge in [-0.25, -0.2) is 8.78 Å². The van der Waals surface area contributed by atoms with E-state index in [0.29, 0.717) is 0 Å². The highest BCUT2D eigenvalue weighted by molar-refractivity contribution is 9.09. The van der Waals surface area contributed by atoms with E-state index >= 15 is 0 Å². The van der Waals surface area contributed by atoms with E-state index in [2.05, 4.69) is 15.9 Å². The second-order valence-corrected chi connectivity index (χ2v) is 2.65. The largest absolute Gasteiger partial charge is 0.395 e. The predicted octanol–water partition coefficient (Wildman–Crippen LogP) is 0.467. The smallest absolute Gasteiger partial charge is 0.255 e. The van der Waals surface area contributed by atoms with E-state index in [1.54, 1.807) is 0 Å². The van der Waals surface area contributed by atoms with Gasteiger partial charge in [-0.05, 0) is 0 Å². The third-order valence-electron chi connectivity index (χ3n) is 1.20. The third-order valence-corrected chi connectivity index (χ3v) is 1.68. The van der Waals surface area contributed by atoms with Gasteiger partial charge in [0.15, 0.2) is 0 Å². The molecule has 0 rings (SSSR count). The van der Waals surface area contributed by atoms with E-state index in [0.717, 1.165) is 4.90 Å². The first-order valence-corrected chi connectivity index (χ1v) is 4.46. The van der Waals surface area contributed by atoms with Gasteiger partial charge in [-0.15, -0.1) is 0 Å². The summed E-state index contributed by atoms with van der Waals surface area (Å²) in [6.45, 7) is -0.967. The Balaban J connectivity index is 3.94. The maximum Gasteiger partial charge on any atom is 0.255 e. The van der Waals surface area contributed by atoms with Gasteiger partial charge in [-0.1, -0.05) is 15.9 Å². The zero-order valence-electron chi connectivity index (χ0n) is 6.34. The van der Waals surface area contributed by atoms with Gasteiger partial charge >= 0.3 is 0 Å². The molecule has 12 heavy (non-hydrogen) atoms. The van der Waals surface area contributed by atoms with E-state index in [1.165, 1.54) is 0 Å². The molecular formula is C6H10BrF2NO2. The van der Waals surface area contributed by atoms with Crippen LogP contribution < -0.4 is 0 Å². The molecule has 3 nitrogen and oxygen atoms in total. The molecule has 0 aliphatic rings. The molecule has 0 aliphatic heterocycles. The van der Waals surface area contributed by atoms with E-state index in [9.17, 15) is 13.6 Å². The topological polar surface area (TPSA) is 40.5 Å². The Hall–Kier alpha value is -0.230. The van der Waals surface area contributed by atoms with E-state index in [-0.39, 0.29) is 18.5 Å². The first kappa shape index (κ1) is 11.8. The third kappa shape index (κ3) is 4.61. The molecule has 6 heteroatoms. The van der Waals surface area contributed by atoms with Crippen molar-refractivity contribution in [3.63, 3.8) is 0 Å². The van der Waals surface area contributed by atoms with Crippen molar-refractivity contribution in [3.05, 3.63) is 0 Å². The molecule has 0 aliphatic carbocycles. The number of alkyl halides is 3. The molecule has 0 unspecified atom stereocenters. The molecule has 0 aromatic carbocycles. The van der Waals surface area contributed by atoms with Crippen LogP contribution in [0.5, 0.6) is 0 Å². The Labute approximate surface area is 77.5 Å². The highest BCUT2D eigenvalue weighted by Crippen LogP contribution is 2.00. The summed E-state index contributed by atoms with van der Waals surface area (Å²) in [4.78, 5) is 11.8. The van der Waals surface area contributed by atoms with E-state index in [4.69, 9.17) is 5.11 Å². The van der Waals surface area contributed by atoms with Crippen LogP contribution in [0.1, 0.15) is 0 Å². The van der Waals surface area contributed by atoms with Gasteiger partial charge < -0.3 is 10.0 Å². The molecule has 1 amide bonds. The second-order valence-electron chi connectivity index (χ2n) is 2.09. The molecule has 0 fully saturated rings. The monoisotopic (exact) mass is 245 g/mol. The van der Waals surface area contributed by atoms with Crippen molar-refractivity contribution >= 4 is 21.8 Å². The van der Waals surface area contributed by atoms with Crippen molar-refractivity contribution in [3.8, 4) is 0 Å². The summed E-state index contributed by atoms with van der Waals surface area (Å²) >= 11 is 2.86. The number of amides is 1. The number of nitrogens with zero attached hydrogens (tertiary/aromatic N) is 1.